The molecular formula is C8H10N2O. The van der Waals surface area contributed by atoms with Gasteiger partial charge in [0.25, 0.3) is 0 Å². The molecule has 2 rings (SSSR count). The molecule has 0 unspecified atom stereocenters. The van der Waals surface area contributed by atoms with Crippen molar-refractivity contribution in [1.29, 1.82) is 0 Å². The first-order chi connectivity index (χ1) is 5.38. The third-order valence-electron chi connectivity index (χ3n) is 1.83. The number of hydrogen-bond acceptors (Lipinski definition) is 3. The summed E-state index contributed by atoms with van der Waals surface area (Å²) in [5.74, 6) is 0.839. The fourth-order valence-corrected chi connectivity index (χ4v) is 1.30. The number of aryl methyl sites for hydroxylation is 1. The van der Waals surface area contributed by atoms with Crippen LogP contribution in [0.5, 0.6) is 5.75 Å². The lowest BCUT2D eigenvalue weighted by molar-refractivity contribution is 0.289. The third-order valence-corrected chi connectivity index (χ3v) is 1.83. The standard InChI is InChI=1S/C8H10N2O/c9-7-5-10-4-6-2-1-3-11-8(6)7/h4-5H,1-3,9H2. The van der Waals surface area contributed by atoms with Gasteiger partial charge in [-0.05, 0) is 12.8 Å². The number of nitrogens with zero attached hydrogens (tertiary/aromatic N) is 1. The minimum absolute atomic E-state index is 0.655. The van der Waals surface area contributed by atoms with E-state index in [0.717, 1.165) is 30.8 Å². The summed E-state index contributed by atoms with van der Waals surface area (Å²) in [7, 11) is 0. The summed E-state index contributed by atoms with van der Waals surface area (Å²) >= 11 is 0. The van der Waals surface area contributed by atoms with Gasteiger partial charge in [-0.2, -0.15) is 0 Å². The van der Waals surface area contributed by atoms with Crippen LogP contribution in [0.15, 0.2) is 12.4 Å². The number of fused-ring (bicyclic) bond motifs is 1. The Balaban J connectivity index is 2.49. The van der Waals surface area contributed by atoms with Crippen LogP contribution in [0.2, 0.25) is 0 Å². The third kappa shape index (κ3) is 1.02. The van der Waals surface area contributed by atoms with Crippen molar-refractivity contribution in [3.05, 3.63) is 18.0 Å². The molecule has 3 nitrogen and oxygen atoms in total. The summed E-state index contributed by atoms with van der Waals surface area (Å²) in [6.45, 7) is 0.779. The van der Waals surface area contributed by atoms with Gasteiger partial charge in [0.2, 0.25) is 0 Å². The van der Waals surface area contributed by atoms with Gasteiger partial charge in [0.05, 0.1) is 18.5 Å². The van der Waals surface area contributed by atoms with Crippen LogP contribution in [-0.4, -0.2) is 11.6 Å². The lowest BCUT2D eigenvalue weighted by atomic mass is 10.1. The molecule has 2 N–H and O–H groups in total. The number of nitrogens with two attached hydrogens (primary N) is 1. The molecule has 0 aliphatic carbocycles. The van der Waals surface area contributed by atoms with Crippen molar-refractivity contribution in [2.45, 2.75) is 12.8 Å². The van der Waals surface area contributed by atoms with Crippen LogP contribution in [0.4, 0.5) is 5.69 Å². The Hall–Kier alpha value is -1.25. The Labute approximate surface area is 65.2 Å². The predicted octanol–water partition coefficient (Wildman–Crippen LogP) is 0.989. The van der Waals surface area contributed by atoms with Crippen LogP contribution in [0.3, 0.4) is 0 Å². The topological polar surface area (TPSA) is 48.1 Å². The first-order valence-electron chi connectivity index (χ1n) is 3.73. The summed E-state index contributed by atoms with van der Waals surface area (Å²) in [5.41, 5.74) is 7.44. The molecular weight excluding hydrogens is 140 g/mol. The molecule has 3 heteroatoms. The molecule has 0 atom stereocenters. The average molecular weight is 150 g/mol. The summed E-state index contributed by atoms with van der Waals surface area (Å²) < 4.78 is 5.39. The zero-order valence-electron chi connectivity index (χ0n) is 6.21. The Bertz CT molecular complexity index is 273. The lowest BCUT2D eigenvalue weighted by Gasteiger charge is -2.17. The first-order valence-corrected chi connectivity index (χ1v) is 3.73. The van der Waals surface area contributed by atoms with Gasteiger partial charge in [-0.25, -0.2) is 0 Å². The van der Waals surface area contributed by atoms with E-state index in [9.17, 15) is 0 Å². The van der Waals surface area contributed by atoms with E-state index in [1.807, 2.05) is 6.20 Å². The van der Waals surface area contributed by atoms with Crippen LogP contribution in [0.25, 0.3) is 0 Å². The van der Waals surface area contributed by atoms with Gasteiger partial charge < -0.3 is 10.5 Å². The van der Waals surface area contributed by atoms with Gasteiger partial charge in [0, 0.05) is 11.8 Å². The van der Waals surface area contributed by atoms with Crippen molar-refractivity contribution in [2.75, 3.05) is 12.3 Å². The van der Waals surface area contributed by atoms with Crippen molar-refractivity contribution in [3.8, 4) is 5.75 Å². The smallest absolute Gasteiger partial charge is 0.148 e. The number of hydrogen-bond donors (Lipinski definition) is 1. The van der Waals surface area contributed by atoms with Crippen LogP contribution in [0, 0.1) is 0 Å². The van der Waals surface area contributed by atoms with Gasteiger partial charge in [0.1, 0.15) is 5.75 Å². The molecule has 58 valence electrons. The van der Waals surface area contributed by atoms with E-state index < -0.39 is 0 Å². The van der Waals surface area contributed by atoms with E-state index >= 15 is 0 Å². The van der Waals surface area contributed by atoms with E-state index in [1.165, 1.54) is 0 Å². The molecule has 0 saturated heterocycles. The molecule has 0 saturated carbocycles. The Kier molecular flexibility index (Phi) is 1.42. The fraction of sp³-hybridized carbons (Fsp3) is 0.375. The molecule has 1 aliphatic rings. The molecule has 0 bridgehead atoms. The number of rotatable bonds is 0. The maximum Gasteiger partial charge on any atom is 0.148 e. The van der Waals surface area contributed by atoms with Crippen LogP contribution < -0.4 is 10.5 Å². The zero-order chi connectivity index (χ0) is 7.68. The van der Waals surface area contributed by atoms with Gasteiger partial charge in [-0.15, -0.1) is 0 Å². The van der Waals surface area contributed by atoms with Gasteiger partial charge in [-0.3, -0.25) is 4.98 Å². The molecule has 2 heterocycles. The Morgan fingerprint density at radius 1 is 1.45 bits per heavy atom. The Morgan fingerprint density at radius 2 is 2.36 bits per heavy atom. The van der Waals surface area contributed by atoms with Gasteiger partial charge in [-0.1, -0.05) is 0 Å². The van der Waals surface area contributed by atoms with Crippen LogP contribution >= 0.6 is 0 Å². The number of nitrogen functional groups attached to an aromatic ring is 1. The summed E-state index contributed by atoms with van der Waals surface area (Å²) in [6.07, 6.45) is 5.56. The predicted molar refractivity (Wildman–Crippen MR) is 42.5 cm³/mol. The van der Waals surface area contributed by atoms with Crippen molar-refractivity contribution in [1.82, 2.24) is 4.98 Å². The first kappa shape index (κ1) is 6.46. The van der Waals surface area contributed by atoms with E-state index in [-0.39, 0.29) is 0 Å². The van der Waals surface area contributed by atoms with Crippen LogP contribution in [-0.2, 0) is 6.42 Å². The zero-order valence-corrected chi connectivity index (χ0v) is 6.21. The van der Waals surface area contributed by atoms with Crippen molar-refractivity contribution < 1.29 is 4.74 Å². The molecule has 0 spiro atoms. The van der Waals surface area contributed by atoms with Gasteiger partial charge in [0.15, 0.2) is 0 Å². The minimum atomic E-state index is 0.655. The highest BCUT2D eigenvalue weighted by molar-refractivity contribution is 5.55. The SMILES string of the molecule is Nc1cncc2c1OCCC2. The summed E-state index contributed by atoms with van der Waals surface area (Å²) in [6, 6.07) is 0. The van der Waals surface area contributed by atoms with E-state index in [1.54, 1.807) is 6.20 Å². The molecule has 0 aromatic carbocycles. The number of ether oxygens (including phenoxy) is 1. The minimum Gasteiger partial charge on any atom is -0.491 e. The van der Waals surface area contributed by atoms with E-state index in [2.05, 4.69) is 4.98 Å². The van der Waals surface area contributed by atoms with E-state index in [0.29, 0.717) is 5.69 Å². The number of aromatic nitrogens is 1. The largest absolute Gasteiger partial charge is 0.491 e. The second-order valence-corrected chi connectivity index (χ2v) is 2.67. The molecule has 0 fully saturated rings. The van der Waals surface area contributed by atoms with E-state index in [4.69, 9.17) is 10.5 Å². The molecule has 1 aromatic heterocycles. The maximum atomic E-state index is 5.65. The molecule has 1 aromatic rings. The maximum absolute atomic E-state index is 5.65. The highest BCUT2D eigenvalue weighted by Crippen LogP contribution is 2.29. The fourth-order valence-electron chi connectivity index (χ4n) is 1.30. The van der Waals surface area contributed by atoms with Crippen LogP contribution in [0.1, 0.15) is 12.0 Å². The molecule has 0 radical (unpaired) electrons. The highest BCUT2D eigenvalue weighted by atomic mass is 16.5. The number of pyridine rings is 1. The normalized spacial score (nSPS) is 15.3. The van der Waals surface area contributed by atoms with Gasteiger partial charge >= 0.3 is 0 Å². The monoisotopic (exact) mass is 150 g/mol. The highest BCUT2D eigenvalue weighted by Gasteiger charge is 2.12. The second kappa shape index (κ2) is 2.42. The summed E-state index contributed by atoms with van der Waals surface area (Å²) in [4.78, 5) is 3.99. The quantitative estimate of drug-likeness (QED) is 0.600. The van der Waals surface area contributed by atoms with Crippen molar-refractivity contribution in [2.24, 2.45) is 0 Å². The summed E-state index contributed by atoms with van der Waals surface area (Å²) in [5, 5.41) is 0. The number of anilines is 1. The van der Waals surface area contributed by atoms with Crippen molar-refractivity contribution >= 4 is 5.69 Å². The molecule has 1 aliphatic heterocycles. The van der Waals surface area contributed by atoms with Crippen molar-refractivity contribution in [3.63, 3.8) is 0 Å². The Morgan fingerprint density at radius 3 is 3.18 bits per heavy atom. The molecule has 11 heavy (non-hydrogen) atoms. The average Bonchev–Trinajstić information content (AvgIpc) is 2.06. The second-order valence-electron chi connectivity index (χ2n) is 2.67. The lowest BCUT2D eigenvalue weighted by Crippen LogP contribution is -2.10. The molecule has 0 amide bonds.